The van der Waals surface area contributed by atoms with Crippen LogP contribution in [-0.2, 0) is 14.3 Å². The lowest BCUT2D eigenvalue weighted by molar-refractivity contribution is -0.141. The Morgan fingerprint density at radius 3 is 2.29 bits per heavy atom. The molecule has 0 aliphatic carbocycles. The smallest absolute Gasteiger partial charge is 0.408 e. The van der Waals surface area contributed by atoms with Crippen LogP contribution in [0.25, 0.3) is 11.0 Å². The van der Waals surface area contributed by atoms with Crippen molar-refractivity contribution in [3.63, 3.8) is 0 Å². The molecule has 7 heteroatoms. The van der Waals surface area contributed by atoms with E-state index in [0.717, 1.165) is 16.6 Å². The summed E-state index contributed by atoms with van der Waals surface area (Å²) in [5.74, 6) is -0.890. The second kappa shape index (κ2) is 9.55. The highest BCUT2D eigenvalue weighted by Crippen LogP contribution is 2.31. The van der Waals surface area contributed by atoms with E-state index in [1.807, 2.05) is 54.6 Å². The lowest BCUT2D eigenvalue weighted by Crippen LogP contribution is -2.38. The summed E-state index contributed by atoms with van der Waals surface area (Å²) in [6.45, 7) is 6.78. The van der Waals surface area contributed by atoms with Gasteiger partial charge in [-0.3, -0.25) is 9.78 Å². The Morgan fingerprint density at radius 2 is 1.65 bits per heavy atom. The molecule has 1 N–H and O–H groups in total. The number of ether oxygens (including phenoxy) is 2. The maximum Gasteiger partial charge on any atom is 0.408 e. The van der Waals surface area contributed by atoms with E-state index < -0.39 is 29.6 Å². The number of aromatic nitrogens is 2. The molecule has 2 aromatic carbocycles. The number of rotatable bonds is 6. The molecule has 0 saturated heterocycles. The number of amides is 1. The molecule has 1 aromatic heterocycles. The highest BCUT2D eigenvalue weighted by Gasteiger charge is 2.31. The van der Waals surface area contributed by atoms with Crippen LogP contribution in [0.2, 0.25) is 0 Å². The maximum absolute atomic E-state index is 12.7. The number of nitrogens with one attached hydrogen (secondary N) is 1. The molecular weight excluding hydrogens is 394 g/mol. The lowest BCUT2D eigenvalue weighted by atomic mass is 9.91. The summed E-state index contributed by atoms with van der Waals surface area (Å²) in [7, 11) is 0. The summed E-state index contributed by atoms with van der Waals surface area (Å²) in [5.41, 5.74) is 2.26. The second-order valence-electron chi connectivity index (χ2n) is 8.23. The van der Waals surface area contributed by atoms with E-state index in [0.29, 0.717) is 5.69 Å². The van der Waals surface area contributed by atoms with Crippen molar-refractivity contribution in [2.75, 3.05) is 6.61 Å². The van der Waals surface area contributed by atoms with Gasteiger partial charge in [-0.2, -0.15) is 0 Å². The van der Waals surface area contributed by atoms with Crippen molar-refractivity contribution in [2.45, 2.75) is 45.3 Å². The number of esters is 1. The molecule has 0 fully saturated rings. The molecule has 162 valence electrons. The molecule has 3 rings (SSSR count). The fourth-order valence-electron chi connectivity index (χ4n) is 3.22. The molecule has 3 aromatic rings. The molecule has 0 radical (unpaired) electrons. The summed E-state index contributed by atoms with van der Waals surface area (Å²) >= 11 is 0. The zero-order valence-corrected chi connectivity index (χ0v) is 18.2. The normalized spacial score (nSPS) is 13.3. The monoisotopic (exact) mass is 421 g/mol. The van der Waals surface area contributed by atoms with Gasteiger partial charge in [-0.15, -0.1) is 0 Å². The van der Waals surface area contributed by atoms with Crippen LogP contribution in [0.3, 0.4) is 0 Å². The van der Waals surface area contributed by atoms with E-state index in [1.54, 1.807) is 27.0 Å². The summed E-state index contributed by atoms with van der Waals surface area (Å²) in [4.78, 5) is 33.5. The average Bonchev–Trinajstić information content (AvgIpc) is 2.72. The fourth-order valence-corrected chi connectivity index (χ4v) is 3.22. The van der Waals surface area contributed by atoms with Gasteiger partial charge in [0.15, 0.2) is 0 Å². The number of hydrogen-bond acceptors (Lipinski definition) is 6. The van der Waals surface area contributed by atoms with Gasteiger partial charge < -0.3 is 14.8 Å². The Labute approximate surface area is 181 Å². The Hall–Kier alpha value is -3.48. The maximum atomic E-state index is 12.7. The van der Waals surface area contributed by atoms with Crippen LogP contribution in [-0.4, -0.2) is 34.2 Å². The van der Waals surface area contributed by atoms with Gasteiger partial charge in [0.1, 0.15) is 12.2 Å². The summed E-state index contributed by atoms with van der Waals surface area (Å²) in [5, 5.41) is 2.94. The van der Waals surface area contributed by atoms with Crippen molar-refractivity contribution in [2.24, 2.45) is 0 Å². The standard InChI is InChI=1S/C24H27N3O4/c1-16(28)30-15-18(21-14-25-19-12-8-9-13-20(19)26-21)22(17-10-6-5-7-11-17)27-23(29)31-24(2,3)4/h5-14,18,22H,15H2,1-4H3,(H,27,29). The number of carbonyl (C=O) groups is 2. The van der Waals surface area contributed by atoms with Gasteiger partial charge in [-0.1, -0.05) is 42.5 Å². The van der Waals surface area contributed by atoms with Crippen molar-refractivity contribution < 1.29 is 19.1 Å². The van der Waals surface area contributed by atoms with Crippen LogP contribution in [0.5, 0.6) is 0 Å². The Morgan fingerprint density at radius 1 is 1.00 bits per heavy atom. The quantitative estimate of drug-likeness (QED) is 0.588. The second-order valence-corrected chi connectivity index (χ2v) is 8.23. The summed E-state index contributed by atoms with van der Waals surface area (Å²) < 4.78 is 10.8. The SMILES string of the molecule is CC(=O)OCC(c1cnc2ccccc2n1)C(NC(=O)OC(C)(C)C)c1ccccc1. The van der Waals surface area contributed by atoms with Crippen molar-refractivity contribution in [1.29, 1.82) is 0 Å². The third-order valence-corrected chi connectivity index (χ3v) is 4.55. The van der Waals surface area contributed by atoms with E-state index in [4.69, 9.17) is 14.5 Å². The minimum absolute atomic E-state index is 0.0255. The molecule has 7 nitrogen and oxygen atoms in total. The lowest BCUT2D eigenvalue weighted by Gasteiger charge is -2.29. The molecule has 1 amide bonds. The Kier molecular flexibility index (Phi) is 6.84. The van der Waals surface area contributed by atoms with E-state index in [-0.39, 0.29) is 6.61 Å². The van der Waals surface area contributed by atoms with Crippen molar-refractivity contribution in [3.05, 3.63) is 72.1 Å². The van der Waals surface area contributed by atoms with Gasteiger partial charge in [0.2, 0.25) is 0 Å². The first kappa shape index (κ1) is 22.2. The first-order chi connectivity index (χ1) is 14.7. The topological polar surface area (TPSA) is 90.4 Å². The third kappa shape index (κ3) is 6.25. The van der Waals surface area contributed by atoms with Crippen LogP contribution < -0.4 is 5.32 Å². The molecule has 0 aliphatic heterocycles. The Balaban J connectivity index is 2.03. The number of para-hydroxylation sites is 2. The molecule has 2 atom stereocenters. The van der Waals surface area contributed by atoms with Crippen molar-refractivity contribution in [3.8, 4) is 0 Å². The van der Waals surface area contributed by atoms with Crippen molar-refractivity contribution in [1.82, 2.24) is 15.3 Å². The minimum atomic E-state index is -0.653. The van der Waals surface area contributed by atoms with Gasteiger partial charge >= 0.3 is 12.1 Å². The molecule has 0 spiro atoms. The predicted molar refractivity (Wildman–Crippen MR) is 117 cm³/mol. The molecule has 0 saturated carbocycles. The van der Waals surface area contributed by atoms with Crippen LogP contribution in [0, 0.1) is 0 Å². The van der Waals surface area contributed by atoms with Gasteiger partial charge in [-0.05, 0) is 38.5 Å². The van der Waals surface area contributed by atoms with Gasteiger partial charge in [0, 0.05) is 13.1 Å². The van der Waals surface area contributed by atoms with Crippen LogP contribution in [0.1, 0.15) is 50.9 Å². The van der Waals surface area contributed by atoms with E-state index in [9.17, 15) is 9.59 Å². The zero-order valence-electron chi connectivity index (χ0n) is 18.2. The van der Waals surface area contributed by atoms with E-state index in [2.05, 4.69) is 10.3 Å². The number of nitrogens with zero attached hydrogens (tertiary/aromatic N) is 2. The van der Waals surface area contributed by atoms with Crippen LogP contribution in [0.4, 0.5) is 4.79 Å². The highest BCUT2D eigenvalue weighted by molar-refractivity contribution is 5.74. The minimum Gasteiger partial charge on any atom is -0.465 e. The Bertz CT molecular complexity index is 1050. The van der Waals surface area contributed by atoms with Gasteiger partial charge in [0.25, 0.3) is 0 Å². The van der Waals surface area contributed by atoms with Gasteiger partial charge in [-0.25, -0.2) is 9.78 Å². The predicted octanol–water partition coefficient (Wildman–Crippen LogP) is 4.54. The van der Waals surface area contributed by atoms with Crippen LogP contribution >= 0.6 is 0 Å². The number of alkyl carbamates (subject to hydrolysis) is 1. The first-order valence-electron chi connectivity index (χ1n) is 10.1. The molecule has 1 heterocycles. The molecule has 2 unspecified atom stereocenters. The molecule has 0 bridgehead atoms. The summed E-state index contributed by atoms with van der Waals surface area (Å²) in [6, 6.07) is 16.4. The third-order valence-electron chi connectivity index (χ3n) is 4.55. The highest BCUT2D eigenvalue weighted by atomic mass is 16.6. The van der Waals surface area contributed by atoms with E-state index >= 15 is 0 Å². The van der Waals surface area contributed by atoms with E-state index in [1.165, 1.54) is 6.92 Å². The average molecular weight is 421 g/mol. The first-order valence-corrected chi connectivity index (χ1v) is 10.1. The fraction of sp³-hybridized carbons (Fsp3) is 0.333. The van der Waals surface area contributed by atoms with Crippen LogP contribution in [0.15, 0.2) is 60.8 Å². The largest absolute Gasteiger partial charge is 0.465 e. The zero-order chi connectivity index (χ0) is 22.4. The number of hydrogen-bond donors (Lipinski definition) is 1. The van der Waals surface area contributed by atoms with Crippen molar-refractivity contribution >= 4 is 23.1 Å². The number of carbonyl (C=O) groups excluding carboxylic acids is 2. The molecule has 31 heavy (non-hydrogen) atoms. The van der Waals surface area contributed by atoms with Gasteiger partial charge in [0.05, 0.1) is 28.7 Å². The molecular formula is C24H27N3O4. The summed E-state index contributed by atoms with van der Waals surface area (Å²) in [6.07, 6.45) is 1.09. The number of fused-ring (bicyclic) bond motifs is 1. The molecule has 0 aliphatic rings. The number of benzene rings is 2.